The second kappa shape index (κ2) is 7.69. The summed E-state index contributed by atoms with van der Waals surface area (Å²) in [4.78, 5) is 12.5. The third-order valence-electron chi connectivity index (χ3n) is 4.46. The Balaban J connectivity index is 2.61. The van der Waals surface area contributed by atoms with Gasteiger partial charge in [-0.25, -0.2) is 8.42 Å². The SMILES string of the molecule is CC(C)(C)SCCCC(=O)C(C)(C)S(=O)(=O)C1CCCCC1. The minimum Gasteiger partial charge on any atom is -0.298 e. The van der Waals surface area contributed by atoms with E-state index in [9.17, 15) is 13.2 Å². The highest BCUT2D eigenvalue weighted by atomic mass is 32.2. The van der Waals surface area contributed by atoms with Crippen molar-refractivity contribution < 1.29 is 13.2 Å². The molecule has 1 fully saturated rings. The van der Waals surface area contributed by atoms with E-state index in [1.807, 2.05) is 11.8 Å². The monoisotopic (exact) mass is 348 g/mol. The van der Waals surface area contributed by atoms with E-state index in [1.165, 1.54) is 0 Å². The van der Waals surface area contributed by atoms with Crippen molar-refractivity contribution in [2.75, 3.05) is 5.75 Å². The zero-order chi connectivity index (χ0) is 17.0. The number of sulfone groups is 1. The smallest absolute Gasteiger partial charge is 0.165 e. The molecule has 130 valence electrons. The van der Waals surface area contributed by atoms with E-state index >= 15 is 0 Å². The van der Waals surface area contributed by atoms with E-state index in [-0.39, 0.29) is 15.8 Å². The summed E-state index contributed by atoms with van der Waals surface area (Å²) in [5.74, 6) is 0.780. The van der Waals surface area contributed by atoms with Gasteiger partial charge in [-0.2, -0.15) is 11.8 Å². The van der Waals surface area contributed by atoms with E-state index < -0.39 is 14.6 Å². The standard InChI is InChI=1S/C17H32O3S2/c1-16(2,3)21-13-9-12-15(18)17(4,5)22(19,20)14-10-7-6-8-11-14/h14H,6-13H2,1-5H3. The molecule has 0 spiro atoms. The molecule has 0 aromatic carbocycles. The van der Waals surface area contributed by atoms with Crippen molar-refractivity contribution in [3.8, 4) is 0 Å². The molecule has 22 heavy (non-hydrogen) atoms. The van der Waals surface area contributed by atoms with E-state index in [4.69, 9.17) is 0 Å². The van der Waals surface area contributed by atoms with Gasteiger partial charge in [-0.05, 0) is 38.9 Å². The quantitative estimate of drug-likeness (QED) is 0.640. The molecule has 1 rings (SSSR count). The summed E-state index contributed by atoms with van der Waals surface area (Å²) in [7, 11) is -3.38. The van der Waals surface area contributed by atoms with Crippen LogP contribution < -0.4 is 0 Å². The van der Waals surface area contributed by atoms with Gasteiger partial charge in [0.05, 0.1) is 5.25 Å². The van der Waals surface area contributed by atoms with E-state index in [0.717, 1.165) is 44.3 Å². The molecule has 1 saturated carbocycles. The van der Waals surface area contributed by atoms with Crippen LogP contribution >= 0.6 is 11.8 Å². The van der Waals surface area contributed by atoms with Crippen LogP contribution in [0.15, 0.2) is 0 Å². The van der Waals surface area contributed by atoms with Crippen LogP contribution in [0, 0.1) is 0 Å². The van der Waals surface area contributed by atoms with Crippen molar-refractivity contribution in [2.24, 2.45) is 0 Å². The molecule has 0 radical (unpaired) electrons. The third-order valence-corrected chi connectivity index (χ3v) is 8.82. The molecule has 0 saturated heterocycles. The molecule has 0 amide bonds. The summed E-state index contributed by atoms with van der Waals surface area (Å²) in [5.41, 5.74) is 0. The Morgan fingerprint density at radius 1 is 1.05 bits per heavy atom. The molecule has 0 heterocycles. The number of carbonyl (C=O) groups is 1. The molecular weight excluding hydrogens is 316 g/mol. The summed E-state index contributed by atoms with van der Waals surface area (Å²) in [6, 6.07) is 0. The highest BCUT2D eigenvalue weighted by Gasteiger charge is 2.45. The molecule has 0 unspecified atom stereocenters. The Bertz CT molecular complexity index is 467. The first-order chi connectivity index (χ1) is 9.98. The number of Topliss-reactive ketones (excluding diaryl/α,β-unsaturated/α-hetero) is 1. The van der Waals surface area contributed by atoms with E-state index in [2.05, 4.69) is 20.8 Å². The Hall–Kier alpha value is -0.0300. The predicted octanol–water partition coefficient (Wildman–Crippen LogP) is 4.39. The molecule has 1 aliphatic carbocycles. The third kappa shape index (κ3) is 5.26. The lowest BCUT2D eigenvalue weighted by atomic mass is 10.0. The van der Waals surface area contributed by atoms with Crippen LogP contribution in [0.25, 0.3) is 0 Å². The molecule has 0 aliphatic heterocycles. The van der Waals surface area contributed by atoms with Gasteiger partial charge in [0.25, 0.3) is 0 Å². The first-order valence-corrected chi connectivity index (χ1v) is 10.9. The molecule has 0 bridgehead atoms. The summed E-state index contributed by atoms with van der Waals surface area (Å²) >= 11 is 1.82. The first-order valence-electron chi connectivity index (χ1n) is 8.39. The lowest BCUT2D eigenvalue weighted by Crippen LogP contribution is -2.46. The van der Waals surface area contributed by atoms with Crippen LogP contribution in [0.3, 0.4) is 0 Å². The number of hydrogen-bond donors (Lipinski definition) is 0. The van der Waals surface area contributed by atoms with Gasteiger partial charge < -0.3 is 0 Å². The van der Waals surface area contributed by atoms with Gasteiger partial charge in [-0.1, -0.05) is 40.0 Å². The fourth-order valence-corrected chi connectivity index (χ4v) is 5.97. The molecule has 1 aliphatic rings. The summed E-state index contributed by atoms with van der Waals surface area (Å²) in [6.07, 6.45) is 5.61. The Labute approximate surface area is 140 Å². The maximum absolute atomic E-state index is 12.8. The van der Waals surface area contributed by atoms with Crippen LogP contribution in [0.5, 0.6) is 0 Å². The van der Waals surface area contributed by atoms with E-state index in [1.54, 1.807) is 13.8 Å². The molecule has 3 nitrogen and oxygen atoms in total. The van der Waals surface area contributed by atoms with Gasteiger partial charge in [0.15, 0.2) is 15.6 Å². The van der Waals surface area contributed by atoms with Gasteiger partial charge in [0, 0.05) is 11.2 Å². The van der Waals surface area contributed by atoms with Gasteiger partial charge >= 0.3 is 0 Å². The Kier molecular flexibility index (Phi) is 7.00. The van der Waals surface area contributed by atoms with Crippen LogP contribution in [-0.4, -0.2) is 34.7 Å². The maximum Gasteiger partial charge on any atom is 0.165 e. The topological polar surface area (TPSA) is 51.2 Å². The molecular formula is C17H32O3S2. The van der Waals surface area contributed by atoms with Crippen molar-refractivity contribution in [1.29, 1.82) is 0 Å². The number of thioether (sulfide) groups is 1. The second-order valence-corrected chi connectivity index (χ2v) is 12.5. The number of ketones is 1. The Morgan fingerprint density at radius 3 is 2.09 bits per heavy atom. The minimum absolute atomic E-state index is 0.118. The van der Waals surface area contributed by atoms with Crippen LogP contribution in [0.1, 0.15) is 79.6 Å². The van der Waals surface area contributed by atoms with Crippen molar-refractivity contribution in [3.05, 3.63) is 0 Å². The fourth-order valence-electron chi connectivity index (χ4n) is 2.86. The lowest BCUT2D eigenvalue weighted by molar-refractivity contribution is -0.120. The fraction of sp³-hybridized carbons (Fsp3) is 0.941. The molecule has 0 aromatic rings. The first kappa shape index (κ1) is 20.0. The van der Waals surface area contributed by atoms with Gasteiger partial charge in [0.1, 0.15) is 4.75 Å². The van der Waals surface area contributed by atoms with Crippen LogP contribution in [0.4, 0.5) is 0 Å². The van der Waals surface area contributed by atoms with E-state index in [0.29, 0.717) is 6.42 Å². The van der Waals surface area contributed by atoms with Crippen LogP contribution in [-0.2, 0) is 14.6 Å². The van der Waals surface area contributed by atoms with Crippen molar-refractivity contribution in [2.45, 2.75) is 94.3 Å². The molecule has 5 heteroatoms. The summed E-state index contributed by atoms with van der Waals surface area (Å²) in [6.45, 7) is 9.66. The van der Waals surface area contributed by atoms with Crippen LogP contribution in [0.2, 0.25) is 0 Å². The number of rotatable bonds is 7. The molecule has 0 atom stereocenters. The van der Waals surface area contributed by atoms with Crippen molar-refractivity contribution in [1.82, 2.24) is 0 Å². The summed E-state index contributed by atoms with van der Waals surface area (Å²) < 4.78 is 24.6. The lowest BCUT2D eigenvalue weighted by Gasteiger charge is -2.31. The Morgan fingerprint density at radius 2 is 1.59 bits per heavy atom. The van der Waals surface area contributed by atoms with Gasteiger partial charge in [-0.15, -0.1) is 0 Å². The second-order valence-electron chi connectivity index (χ2n) is 7.80. The highest BCUT2D eigenvalue weighted by molar-refractivity contribution is 8.00. The zero-order valence-electron chi connectivity index (χ0n) is 14.8. The van der Waals surface area contributed by atoms with Crippen molar-refractivity contribution >= 4 is 27.4 Å². The highest BCUT2D eigenvalue weighted by Crippen LogP contribution is 2.33. The van der Waals surface area contributed by atoms with Crippen molar-refractivity contribution in [3.63, 3.8) is 0 Å². The number of hydrogen-bond acceptors (Lipinski definition) is 4. The molecule has 0 N–H and O–H groups in total. The summed E-state index contributed by atoms with van der Waals surface area (Å²) in [5, 5.41) is -0.316. The largest absolute Gasteiger partial charge is 0.298 e. The maximum atomic E-state index is 12.8. The normalized spacial score (nSPS) is 18.4. The zero-order valence-corrected chi connectivity index (χ0v) is 16.4. The predicted molar refractivity (Wildman–Crippen MR) is 96.3 cm³/mol. The average Bonchev–Trinajstić information content (AvgIpc) is 2.43. The minimum atomic E-state index is -3.38. The number of carbonyl (C=O) groups excluding carboxylic acids is 1. The average molecular weight is 349 g/mol. The van der Waals surface area contributed by atoms with Gasteiger partial charge in [0.2, 0.25) is 0 Å². The molecule has 0 aromatic heterocycles. The van der Waals surface area contributed by atoms with Gasteiger partial charge in [-0.3, -0.25) is 4.79 Å².